The molecule has 1 aliphatic rings. The number of aliphatic hydroxyl groups is 3. The summed E-state index contributed by atoms with van der Waals surface area (Å²) >= 11 is 0. The summed E-state index contributed by atoms with van der Waals surface area (Å²) in [4.78, 5) is 12.4. The molecule has 1 aromatic carbocycles. The second-order valence-electron chi connectivity index (χ2n) is 6.83. The zero-order valence-electron chi connectivity index (χ0n) is 14.7. The van der Waals surface area contributed by atoms with E-state index in [2.05, 4.69) is 15.0 Å². The number of imidazole rings is 1. The van der Waals surface area contributed by atoms with Gasteiger partial charge in [0.25, 0.3) is 0 Å². The molecule has 142 valence electrons. The van der Waals surface area contributed by atoms with Gasteiger partial charge in [0.2, 0.25) is 0 Å². The van der Waals surface area contributed by atoms with Crippen LogP contribution in [0.2, 0.25) is 0 Å². The number of nitrogen functional groups attached to an aromatic ring is 1. The third-order valence-corrected chi connectivity index (χ3v) is 5.05. The van der Waals surface area contributed by atoms with Crippen LogP contribution >= 0.6 is 0 Å². The minimum atomic E-state index is -1.41. The van der Waals surface area contributed by atoms with E-state index in [4.69, 9.17) is 10.5 Å². The lowest BCUT2D eigenvalue weighted by atomic mass is 9.94. The molecular formula is C18H21N5O4. The minimum Gasteiger partial charge on any atom is -0.394 e. The molecule has 0 amide bonds. The van der Waals surface area contributed by atoms with E-state index in [1.54, 1.807) is 4.57 Å². The summed E-state index contributed by atoms with van der Waals surface area (Å²) in [5, 5.41) is 30.9. The lowest BCUT2D eigenvalue weighted by Crippen LogP contribution is -2.47. The Balaban J connectivity index is 1.88. The normalized spacial score (nSPS) is 28.1. The summed E-state index contributed by atoms with van der Waals surface area (Å²) in [6.07, 6.45) is -0.531. The zero-order valence-corrected chi connectivity index (χ0v) is 14.7. The first kappa shape index (κ1) is 17.8. The number of nitrogens with zero attached hydrogens (tertiary/aromatic N) is 4. The lowest BCUT2D eigenvalue weighted by molar-refractivity contribution is -0.145. The summed E-state index contributed by atoms with van der Waals surface area (Å²) in [6, 6.07) is 7.76. The summed E-state index contributed by atoms with van der Waals surface area (Å²) < 4.78 is 7.58. The molecule has 9 heteroatoms. The van der Waals surface area contributed by atoms with Crippen LogP contribution in [0.1, 0.15) is 11.1 Å². The highest BCUT2D eigenvalue weighted by Crippen LogP contribution is 2.40. The molecule has 0 aliphatic carbocycles. The number of ether oxygens (including phenoxy) is 1. The third-order valence-electron chi connectivity index (χ3n) is 5.05. The van der Waals surface area contributed by atoms with E-state index in [-0.39, 0.29) is 12.2 Å². The zero-order chi connectivity index (χ0) is 19.2. The maximum Gasteiger partial charge on any atom is 0.180 e. The van der Waals surface area contributed by atoms with Gasteiger partial charge in [0, 0.05) is 6.42 Å². The van der Waals surface area contributed by atoms with E-state index in [9.17, 15) is 15.3 Å². The maximum absolute atomic E-state index is 10.9. The molecule has 0 saturated carbocycles. The number of nitrogens with two attached hydrogens (primary N) is 1. The van der Waals surface area contributed by atoms with E-state index in [0.29, 0.717) is 11.2 Å². The molecule has 2 aromatic heterocycles. The van der Waals surface area contributed by atoms with Gasteiger partial charge in [0.15, 0.2) is 17.2 Å². The average Bonchev–Trinajstić information content (AvgIpc) is 3.20. The number of benzene rings is 1. The Morgan fingerprint density at radius 3 is 2.59 bits per heavy atom. The van der Waals surface area contributed by atoms with Crippen LogP contribution in [0.15, 0.2) is 36.9 Å². The van der Waals surface area contributed by atoms with Crippen molar-refractivity contribution in [2.75, 3.05) is 12.3 Å². The Morgan fingerprint density at radius 2 is 1.93 bits per heavy atom. The van der Waals surface area contributed by atoms with Crippen molar-refractivity contribution < 1.29 is 20.1 Å². The SMILES string of the molecule is Cc1ccc(C[C@@]2(n3cnc4c(N)ncnc43)O[C@H](CO)[C@@H](O)[C@H]2O)cc1. The smallest absolute Gasteiger partial charge is 0.180 e. The van der Waals surface area contributed by atoms with Crippen LogP contribution in [0.25, 0.3) is 11.2 Å². The highest BCUT2D eigenvalue weighted by atomic mass is 16.6. The number of anilines is 1. The van der Waals surface area contributed by atoms with Crippen LogP contribution < -0.4 is 5.73 Å². The van der Waals surface area contributed by atoms with E-state index >= 15 is 0 Å². The molecule has 4 rings (SSSR count). The Hall–Kier alpha value is -2.59. The van der Waals surface area contributed by atoms with Crippen molar-refractivity contribution in [2.45, 2.75) is 37.4 Å². The van der Waals surface area contributed by atoms with Crippen molar-refractivity contribution >= 4 is 17.0 Å². The highest BCUT2D eigenvalue weighted by molar-refractivity contribution is 5.81. The Kier molecular flexibility index (Phi) is 4.31. The van der Waals surface area contributed by atoms with Crippen LogP contribution in [0.5, 0.6) is 0 Å². The van der Waals surface area contributed by atoms with E-state index in [1.807, 2.05) is 31.2 Å². The number of hydrogen-bond donors (Lipinski definition) is 4. The molecule has 1 fully saturated rings. The van der Waals surface area contributed by atoms with Gasteiger partial charge in [0.1, 0.15) is 30.2 Å². The van der Waals surface area contributed by atoms with Crippen LogP contribution in [0.4, 0.5) is 5.82 Å². The van der Waals surface area contributed by atoms with Crippen LogP contribution in [0.3, 0.4) is 0 Å². The lowest BCUT2D eigenvalue weighted by Gasteiger charge is -2.34. The van der Waals surface area contributed by atoms with Gasteiger partial charge in [-0.2, -0.15) is 0 Å². The summed E-state index contributed by atoms with van der Waals surface area (Å²) in [6.45, 7) is 1.55. The van der Waals surface area contributed by atoms with Crippen LogP contribution in [-0.2, 0) is 16.9 Å². The summed E-state index contributed by atoms with van der Waals surface area (Å²) in [7, 11) is 0. The fourth-order valence-electron chi connectivity index (χ4n) is 3.58. The third kappa shape index (κ3) is 2.76. The van der Waals surface area contributed by atoms with Crippen molar-refractivity contribution in [3.63, 3.8) is 0 Å². The molecule has 0 spiro atoms. The first-order valence-electron chi connectivity index (χ1n) is 8.60. The van der Waals surface area contributed by atoms with Crippen LogP contribution in [-0.4, -0.2) is 59.8 Å². The molecule has 5 N–H and O–H groups in total. The van der Waals surface area contributed by atoms with Gasteiger partial charge in [-0.15, -0.1) is 0 Å². The van der Waals surface area contributed by atoms with Gasteiger partial charge in [-0.1, -0.05) is 29.8 Å². The molecule has 0 bridgehead atoms. The number of aryl methyl sites for hydroxylation is 1. The molecule has 27 heavy (non-hydrogen) atoms. The van der Waals surface area contributed by atoms with Crippen molar-refractivity contribution in [2.24, 2.45) is 0 Å². The average molecular weight is 371 g/mol. The Labute approximate surface area is 155 Å². The molecule has 9 nitrogen and oxygen atoms in total. The number of aromatic nitrogens is 4. The van der Waals surface area contributed by atoms with Gasteiger partial charge < -0.3 is 25.8 Å². The number of rotatable bonds is 4. The van der Waals surface area contributed by atoms with Crippen molar-refractivity contribution in [1.82, 2.24) is 19.5 Å². The Morgan fingerprint density at radius 1 is 1.19 bits per heavy atom. The molecule has 1 aliphatic heterocycles. The van der Waals surface area contributed by atoms with Crippen molar-refractivity contribution in [3.05, 3.63) is 48.0 Å². The van der Waals surface area contributed by atoms with Gasteiger partial charge in [-0.05, 0) is 12.5 Å². The summed E-state index contributed by atoms with van der Waals surface area (Å²) in [5.74, 6) is 0.205. The topological polar surface area (TPSA) is 140 Å². The predicted molar refractivity (Wildman–Crippen MR) is 96.6 cm³/mol. The van der Waals surface area contributed by atoms with E-state index < -0.39 is 30.6 Å². The van der Waals surface area contributed by atoms with Gasteiger partial charge >= 0.3 is 0 Å². The molecule has 4 atom stereocenters. The van der Waals surface area contributed by atoms with Gasteiger partial charge in [0.05, 0.1) is 12.9 Å². The first-order valence-corrected chi connectivity index (χ1v) is 8.60. The maximum atomic E-state index is 10.9. The molecular weight excluding hydrogens is 350 g/mol. The predicted octanol–water partition coefficient (Wildman–Crippen LogP) is -0.275. The molecule has 1 saturated heterocycles. The number of hydrogen-bond acceptors (Lipinski definition) is 8. The van der Waals surface area contributed by atoms with E-state index in [1.165, 1.54) is 12.7 Å². The Bertz CT molecular complexity index is 960. The minimum absolute atomic E-state index is 0.205. The van der Waals surface area contributed by atoms with E-state index in [0.717, 1.165) is 11.1 Å². The standard InChI is InChI=1S/C18H21N5O4/c1-10-2-4-11(5-3-10)6-18(15(26)14(25)12(7-24)27-18)23-9-22-13-16(19)20-8-21-17(13)23/h2-5,8-9,12,14-15,24-26H,6-7H2,1H3,(H2,19,20,21)/t12-,14-,15-,18-/m1/s1. The largest absolute Gasteiger partial charge is 0.394 e. The second kappa shape index (κ2) is 6.54. The first-order chi connectivity index (χ1) is 13.0. The fourth-order valence-corrected chi connectivity index (χ4v) is 3.58. The second-order valence-corrected chi connectivity index (χ2v) is 6.83. The molecule has 0 radical (unpaired) electrons. The number of fused-ring (bicyclic) bond motifs is 1. The van der Waals surface area contributed by atoms with Crippen LogP contribution in [0, 0.1) is 6.92 Å². The summed E-state index contributed by atoms with van der Waals surface area (Å²) in [5.41, 5.74) is 7.20. The van der Waals surface area contributed by atoms with Crippen molar-refractivity contribution in [1.29, 1.82) is 0 Å². The monoisotopic (exact) mass is 371 g/mol. The quantitative estimate of drug-likeness (QED) is 0.491. The fraction of sp³-hybridized carbons (Fsp3) is 0.389. The molecule has 3 heterocycles. The van der Waals surface area contributed by atoms with Gasteiger partial charge in [-0.25, -0.2) is 15.0 Å². The number of aliphatic hydroxyl groups excluding tert-OH is 3. The highest BCUT2D eigenvalue weighted by Gasteiger charge is 2.55. The van der Waals surface area contributed by atoms with Crippen molar-refractivity contribution in [3.8, 4) is 0 Å². The molecule has 3 aromatic rings. The van der Waals surface area contributed by atoms with Gasteiger partial charge in [-0.3, -0.25) is 4.57 Å². The molecule has 0 unspecified atom stereocenters.